The molecule has 166 valence electrons. The van der Waals surface area contributed by atoms with E-state index in [0.29, 0.717) is 12.5 Å². The average Bonchev–Trinajstić information content (AvgIpc) is 3.21. The standard InChI is InChI=1S/C21H31FN6S.HI/c1-16(2)19-15-29-20(26-19)14-25-21(23-3)24-8-9-27-10-12-28(13-11-27)18-6-4-17(22)5-7-18;/h4-7,15-16H,8-14H2,1-3H3,(H2,23,24,25);1H. The van der Waals surface area contributed by atoms with Gasteiger partial charge in [-0.15, -0.1) is 35.3 Å². The number of hydrogen-bond donors (Lipinski definition) is 2. The number of thiazole rings is 1. The molecule has 0 unspecified atom stereocenters. The lowest BCUT2D eigenvalue weighted by Crippen LogP contribution is -2.49. The van der Waals surface area contributed by atoms with E-state index in [1.807, 2.05) is 12.1 Å². The van der Waals surface area contributed by atoms with Crippen LogP contribution in [0.15, 0.2) is 34.6 Å². The van der Waals surface area contributed by atoms with Crippen molar-refractivity contribution in [2.45, 2.75) is 26.3 Å². The highest BCUT2D eigenvalue weighted by Gasteiger charge is 2.17. The summed E-state index contributed by atoms with van der Waals surface area (Å²) in [7, 11) is 1.79. The first-order valence-corrected chi connectivity index (χ1v) is 11.0. The number of guanidine groups is 1. The molecule has 6 nitrogen and oxygen atoms in total. The van der Waals surface area contributed by atoms with Crippen molar-refractivity contribution < 1.29 is 4.39 Å². The molecule has 1 fully saturated rings. The van der Waals surface area contributed by atoms with Gasteiger partial charge in [-0.1, -0.05) is 13.8 Å². The molecule has 0 spiro atoms. The van der Waals surface area contributed by atoms with Crippen LogP contribution >= 0.6 is 35.3 Å². The van der Waals surface area contributed by atoms with Crippen molar-refractivity contribution in [2.24, 2.45) is 4.99 Å². The Balaban J connectivity index is 0.00000320. The van der Waals surface area contributed by atoms with Crippen molar-refractivity contribution in [2.75, 3.05) is 51.2 Å². The number of nitrogens with zero attached hydrogens (tertiary/aromatic N) is 4. The maximum Gasteiger partial charge on any atom is 0.191 e. The summed E-state index contributed by atoms with van der Waals surface area (Å²) in [6.07, 6.45) is 0. The zero-order valence-electron chi connectivity index (χ0n) is 17.9. The number of nitrogens with one attached hydrogen (secondary N) is 2. The summed E-state index contributed by atoms with van der Waals surface area (Å²) in [5.41, 5.74) is 2.24. The number of piperazine rings is 1. The van der Waals surface area contributed by atoms with Crippen LogP contribution in [0.5, 0.6) is 0 Å². The van der Waals surface area contributed by atoms with Crippen LogP contribution in [0.2, 0.25) is 0 Å². The van der Waals surface area contributed by atoms with E-state index in [2.05, 4.69) is 49.6 Å². The van der Waals surface area contributed by atoms with E-state index < -0.39 is 0 Å². The number of aliphatic imine (C=N–C) groups is 1. The molecule has 1 aromatic carbocycles. The lowest BCUT2D eigenvalue weighted by molar-refractivity contribution is 0.261. The van der Waals surface area contributed by atoms with Crippen molar-refractivity contribution in [3.8, 4) is 0 Å². The highest BCUT2D eigenvalue weighted by molar-refractivity contribution is 14.0. The van der Waals surface area contributed by atoms with Crippen LogP contribution in [0.4, 0.5) is 10.1 Å². The molecule has 1 saturated heterocycles. The minimum atomic E-state index is -0.185. The fourth-order valence-electron chi connectivity index (χ4n) is 3.27. The number of anilines is 1. The van der Waals surface area contributed by atoms with Gasteiger partial charge in [0.15, 0.2) is 5.96 Å². The topological polar surface area (TPSA) is 55.8 Å². The monoisotopic (exact) mass is 546 g/mol. The van der Waals surface area contributed by atoms with Gasteiger partial charge in [0.05, 0.1) is 12.2 Å². The molecule has 1 aromatic heterocycles. The first kappa shape index (κ1) is 24.8. The summed E-state index contributed by atoms with van der Waals surface area (Å²) < 4.78 is 13.1. The third kappa shape index (κ3) is 7.35. The zero-order valence-corrected chi connectivity index (χ0v) is 21.0. The largest absolute Gasteiger partial charge is 0.369 e. The molecule has 0 aliphatic carbocycles. The Morgan fingerprint density at radius 2 is 1.87 bits per heavy atom. The number of rotatable bonds is 7. The number of hydrogen-bond acceptors (Lipinski definition) is 5. The Bertz CT molecular complexity index is 787. The van der Waals surface area contributed by atoms with E-state index in [9.17, 15) is 4.39 Å². The van der Waals surface area contributed by atoms with Gasteiger partial charge in [-0.3, -0.25) is 9.89 Å². The highest BCUT2D eigenvalue weighted by atomic mass is 127. The van der Waals surface area contributed by atoms with E-state index in [1.165, 1.54) is 12.1 Å². The Morgan fingerprint density at radius 3 is 2.47 bits per heavy atom. The number of aromatic nitrogens is 1. The quantitative estimate of drug-likeness (QED) is 0.317. The van der Waals surface area contributed by atoms with Crippen molar-refractivity contribution in [1.29, 1.82) is 0 Å². The molecule has 2 heterocycles. The van der Waals surface area contributed by atoms with Crippen LogP contribution in [0.25, 0.3) is 0 Å². The van der Waals surface area contributed by atoms with Gasteiger partial charge in [-0.25, -0.2) is 9.37 Å². The lowest BCUT2D eigenvalue weighted by atomic mass is 10.2. The number of halogens is 2. The maximum absolute atomic E-state index is 13.1. The van der Waals surface area contributed by atoms with E-state index in [-0.39, 0.29) is 29.8 Å². The lowest BCUT2D eigenvalue weighted by Gasteiger charge is -2.36. The predicted molar refractivity (Wildman–Crippen MR) is 135 cm³/mol. The Labute approximate surface area is 200 Å². The van der Waals surface area contributed by atoms with Crippen LogP contribution in [0, 0.1) is 5.82 Å². The van der Waals surface area contributed by atoms with Gasteiger partial charge in [0, 0.05) is 57.4 Å². The van der Waals surface area contributed by atoms with Gasteiger partial charge in [0.1, 0.15) is 10.8 Å². The Kier molecular flexibility index (Phi) is 10.3. The third-order valence-corrected chi connectivity index (χ3v) is 5.94. The summed E-state index contributed by atoms with van der Waals surface area (Å²) in [6, 6.07) is 6.77. The van der Waals surface area contributed by atoms with Crippen LogP contribution in [0.1, 0.15) is 30.5 Å². The van der Waals surface area contributed by atoms with Gasteiger partial charge >= 0.3 is 0 Å². The maximum atomic E-state index is 13.1. The molecular weight excluding hydrogens is 514 g/mol. The molecule has 30 heavy (non-hydrogen) atoms. The van der Waals surface area contributed by atoms with Crippen LogP contribution < -0.4 is 15.5 Å². The number of benzene rings is 1. The van der Waals surface area contributed by atoms with E-state index in [1.54, 1.807) is 18.4 Å². The molecule has 1 aliphatic heterocycles. The van der Waals surface area contributed by atoms with Crippen molar-refractivity contribution >= 4 is 47.0 Å². The van der Waals surface area contributed by atoms with Gasteiger partial charge in [-0.2, -0.15) is 0 Å². The fraction of sp³-hybridized carbons (Fsp3) is 0.524. The minimum Gasteiger partial charge on any atom is -0.369 e. The van der Waals surface area contributed by atoms with E-state index in [4.69, 9.17) is 0 Å². The first-order chi connectivity index (χ1) is 14.0. The molecule has 0 saturated carbocycles. The minimum absolute atomic E-state index is 0. The Hall–Kier alpha value is -1.46. The smallest absolute Gasteiger partial charge is 0.191 e. The predicted octanol–water partition coefficient (Wildman–Crippen LogP) is 3.51. The summed E-state index contributed by atoms with van der Waals surface area (Å²) >= 11 is 1.69. The first-order valence-electron chi connectivity index (χ1n) is 10.2. The summed E-state index contributed by atoms with van der Waals surface area (Å²) in [5.74, 6) is 1.08. The zero-order chi connectivity index (χ0) is 20.6. The second kappa shape index (κ2) is 12.4. The van der Waals surface area contributed by atoms with Gasteiger partial charge in [-0.05, 0) is 30.2 Å². The molecule has 9 heteroatoms. The summed E-state index contributed by atoms with van der Waals surface area (Å²) in [5, 5.41) is 9.93. The van der Waals surface area contributed by atoms with Gasteiger partial charge in [0.25, 0.3) is 0 Å². The third-order valence-electron chi connectivity index (χ3n) is 5.08. The van der Waals surface area contributed by atoms with E-state index >= 15 is 0 Å². The highest BCUT2D eigenvalue weighted by Crippen LogP contribution is 2.18. The molecule has 0 bridgehead atoms. The second-order valence-corrected chi connectivity index (χ2v) is 8.42. The van der Waals surface area contributed by atoms with Gasteiger partial charge in [0.2, 0.25) is 0 Å². The fourth-order valence-corrected chi connectivity index (χ4v) is 4.16. The molecule has 2 aromatic rings. The van der Waals surface area contributed by atoms with E-state index in [0.717, 1.165) is 61.6 Å². The molecule has 2 N–H and O–H groups in total. The van der Waals surface area contributed by atoms with Crippen molar-refractivity contribution in [3.63, 3.8) is 0 Å². The molecule has 0 amide bonds. The van der Waals surface area contributed by atoms with Crippen LogP contribution in [-0.4, -0.2) is 62.2 Å². The SMILES string of the molecule is CN=C(NCCN1CCN(c2ccc(F)cc2)CC1)NCc1nc(C(C)C)cs1.I. The molecule has 3 rings (SSSR count). The van der Waals surface area contributed by atoms with Crippen LogP contribution in [0.3, 0.4) is 0 Å². The normalized spacial score (nSPS) is 15.2. The van der Waals surface area contributed by atoms with Crippen molar-refractivity contribution in [3.05, 3.63) is 46.2 Å². The Morgan fingerprint density at radius 1 is 1.17 bits per heavy atom. The molecule has 0 radical (unpaired) electrons. The van der Waals surface area contributed by atoms with Crippen LogP contribution in [-0.2, 0) is 6.54 Å². The second-order valence-electron chi connectivity index (χ2n) is 7.48. The van der Waals surface area contributed by atoms with Gasteiger partial charge < -0.3 is 15.5 Å². The molecule has 1 aliphatic rings. The summed E-state index contributed by atoms with van der Waals surface area (Å²) in [6.45, 7) is 10.7. The average molecular weight is 546 g/mol. The summed E-state index contributed by atoms with van der Waals surface area (Å²) in [4.78, 5) is 13.7. The van der Waals surface area contributed by atoms with Crippen molar-refractivity contribution in [1.82, 2.24) is 20.5 Å². The molecule has 0 atom stereocenters. The molecular formula is C21H32FIN6S.